The van der Waals surface area contributed by atoms with Crippen LogP contribution in [-0.2, 0) is 4.79 Å². The second kappa shape index (κ2) is 6.70. The van der Waals surface area contributed by atoms with Gasteiger partial charge in [0.15, 0.2) is 6.10 Å². The molecule has 0 saturated carbocycles. The lowest BCUT2D eigenvalue weighted by Gasteiger charge is -2.09. The van der Waals surface area contributed by atoms with E-state index in [1.807, 2.05) is 0 Å². The van der Waals surface area contributed by atoms with Crippen LogP contribution in [0.15, 0.2) is 12.1 Å². The molecule has 0 radical (unpaired) electrons. The van der Waals surface area contributed by atoms with Gasteiger partial charge in [-0.05, 0) is 12.1 Å². The molecule has 0 aromatic heterocycles. The maximum Gasteiger partial charge on any atom is 0.332 e. The summed E-state index contributed by atoms with van der Waals surface area (Å²) in [5.41, 5.74) is -0.117. The lowest BCUT2D eigenvalue weighted by molar-refractivity contribution is -0.146. The molecule has 0 aliphatic heterocycles. The minimum absolute atomic E-state index is 0.0253. The molecule has 0 saturated heterocycles. The summed E-state index contributed by atoms with van der Waals surface area (Å²) in [6.07, 6.45) is -1.74. The number of hydrogen-bond acceptors (Lipinski definition) is 3. The molecule has 0 aliphatic carbocycles. The summed E-state index contributed by atoms with van der Waals surface area (Å²) in [4.78, 5) is 22.0. The van der Waals surface area contributed by atoms with Crippen LogP contribution in [0.25, 0.3) is 0 Å². The van der Waals surface area contributed by atoms with Crippen LogP contribution in [0, 0.1) is 5.82 Å². The Kier molecular flexibility index (Phi) is 5.53. The predicted molar refractivity (Wildman–Crippen MR) is 67.0 cm³/mol. The molecule has 1 atom stereocenters. The van der Waals surface area contributed by atoms with Crippen molar-refractivity contribution in [1.82, 2.24) is 5.32 Å². The van der Waals surface area contributed by atoms with E-state index in [-0.39, 0.29) is 28.6 Å². The molecular formula is C11H10Cl2FNO4. The van der Waals surface area contributed by atoms with Crippen LogP contribution in [0.2, 0.25) is 10.0 Å². The van der Waals surface area contributed by atoms with E-state index in [0.29, 0.717) is 0 Å². The highest BCUT2D eigenvalue weighted by atomic mass is 35.5. The zero-order valence-electron chi connectivity index (χ0n) is 9.49. The fourth-order valence-corrected chi connectivity index (χ4v) is 1.71. The highest BCUT2D eigenvalue weighted by Crippen LogP contribution is 2.24. The van der Waals surface area contributed by atoms with Crippen molar-refractivity contribution >= 4 is 35.1 Å². The predicted octanol–water partition coefficient (Wildman–Crippen LogP) is 1.70. The van der Waals surface area contributed by atoms with Crippen molar-refractivity contribution in [3.05, 3.63) is 33.6 Å². The molecule has 1 rings (SSSR count). The third-order valence-corrected chi connectivity index (χ3v) is 2.85. The van der Waals surface area contributed by atoms with Gasteiger partial charge in [-0.1, -0.05) is 23.2 Å². The van der Waals surface area contributed by atoms with E-state index < -0.39 is 23.8 Å². The van der Waals surface area contributed by atoms with Crippen molar-refractivity contribution < 1.29 is 24.2 Å². The first-order chi connectivity index (χ1) is 8.82. The van der Waals surface area contributed by atoms with Gasteiger partial charge >= 0.3 is 5.97 Å². The smallest absolute Gasteiger partial charge is 0.332 e. The molecule has 0 spiro atoms. The van der Waals surface area contributed by atoms with E-state index in [4.69, 9.17) is 33.4 Å². The fraction of sp³-hybridized carbons (Fsp3) is 0.273. The van der Waals surface area contributed by atoms with E-state index in [0.717, 1.165) is 12.1 Å². The maximum atomic E-state index is 13.2. The van der Waals surface area contributed by atoms with Crippen LogP contribution >= 0.6 is 23.2 Å². The number of nitrogens with one attached hydrogen (secondary N) is 1. The van der Waals surface area contributed by atoms with E-state index in [9.17, 15) is 14.0 Å². The van der Waals surface area contributed by atoms with Gasteiger partial charge in [0, 0.05) is 13.0 Å². The highest BCUT2D eigenvalue weighted by molar-refractivity contribution is 6.36. The van der Waals surface area contributed by atoms with Crippen LogP contribution in [0.4, 0.5) is 4.39 Å². The van der Waals surface area contributed by atoms with Gasteiger partial charge in [0.05, 0.1) is 15.6 Å². The number of carbonyl (C=O) groups is 2. The number of carbonyl (C=O) groups excluding carboxylic acids is 1. The number of benzene rings is 1. The van der Waals surface area contributed by atoms with Gasteiger partial charge in [0.25, 0.3) is 5.91 Å². The van der Waals surface area contributed by atoms with E-state index in [1.54, 1.807) is 0 Å². The number of carboxylic acids is 1. The third kappa shape index (κ3) is 4.34. The van der Waals surface area contributed by atoms with Gasteiger partial charge in [0.2, 0.25) is 0 Å². The monoisotopic (exact) mass is 309 g/mol. The zero-order chi connectivity index (χ0) is 14.6. The number of amides is 1. The summed E-state index contributed by atoms with van der Waals surface area (Å²) in [6.45, 7) is -0.0904. The lowest BCUT2D eigenvalue weighted by atomic mass is 10.2. The summed E-state index contributed by atoms with van der Waals surface area (Å²) in [5.74, 6) is -2.86. The maximum absolute atomic E-state index is 13.2. The van der Waals surface area contributed by atoms with Crippen molar-refractivity contribution in [3.63, 3.8) is 0 Å². The largest absolute Gasteiger partial charge is 0.479 e. The molecule has 8 heteroatoms. The van der Waals surface area contributed by atoms with Gasteiger partial charge in [-0.2, -0.15) is 0 Å². The average molecular weight is 310 g/mol. The molecule has 5 nitrogen and oxygen atoms in total. The first-order valence-electron chi connectivity index (χ1n) is 5.16. The highest BCUT2D eigenvalue weighted by Gasteiger charge is 2.16. The SMILES string of the molecule is O=C(NCC[C@H](O)C(=O)O)c1cc(F)c(Cl)cc1Cl. The molecular weight excluding hydrogens is 300 g/mol. The molecule has 104 valence electrons. The summed E-state index contributed by atoms with van der Waals surface area (Å²) in [7, 11) is 0. The molecule has 3 N–H and O–H groups in total. The van der Waals surface area contributed by atoms with E-state index in [1.165, 1.54) is 0 Å². The van der Waals surface area contributed by atoms with E-state index in [2.05, 4.69) is 5.32 Å². The van der Waals surface area contributed by atoms with Gasteiger partial charge in [-0.15, -0.1) is 0 Å². The molecule has 0 fully saturated rings. The fourth-order valence-electron chi connectivity index (χ4n) is 1.24. The van der Waals surface area contributed by atoms with Crippen LogP contribution in [0.5, 0.6) is 0 Å². The Morgan fingerprint density at radius 1 is 1.32 bits per heavy atom. The summed E-state index contributed by atoms with van der Waals surface area (Å²) >= 11 is 11.2. The van der Waals surface area contributed by atoms with Gasteiger partial charge in [-0.3, -0.25) is 4.79 Å². The molecule has 0 aliphatic rings. The number of aliphatic carboxylic acids is 1. The Labute approximate surface area is 117 Å². The van der Waals surface area contributed by atoms with E-state index >= 15 is 0 Å². The Hall–Kier alpha value is -1.37. The van der Waals surface area contributed by atoms with Crippen LogP contribution in [0.1, 0.15) is 16.8 Å². The summed E-state index contributed by atoms with van der Waals surface area (Å²) in [6, 6.07) is 1.98. The van der Waals surface area contributed by atoms with Crippen molar-refractivity contribution in [2.24, 2.45) is 0 Å². The number of hydrogen-bond donors (Lipinski definition) is 3. The Morgan fingerprint density at radius 3 is 2.53 bits per heavy atom. The topological polar surface area (TPSA) is 86.6 Å². The number of rotatable bonds is 5. The van der Waals surface area contributed by atoms with Crippen LogP contribution < -0.4 is 5.32 Å². The first kappa shape index (κ1) is 15.7. The standard InChI is InChI=1S/C11H10Cl2FNO4/c12-6-4-7(13)8(14)3-5(6)10(17)15-2-1-9(16)11(18)19/h3-4,9,16H,1-2H2,(H,15,17)(H,18,19)/t9-/m0/s1. The normalized spacial score (nSPS) is 12.0. The molecule has 1 amide bonds. The molecule has 1 aromatic rings. The number of carboxylic acid groups (broad SMARTS) is 1. The Morgan fingerprint density at radius 2 is 1.95 bits per heavy atom. The quantitative estimate of drug-likeness (QED) is 0.723. The second-order valence-corrected chi connectivity index (χ2v) is 4.46. The van der Waals surface area contributed by atoms with Crippen LogP contribution in [-0.4, -0.2) is 34.7 Å². The van der Waals surface area contributed by atoms with Gasteiger partial charge < -0.3 is 15.5 Å². The average Bonchev–Trinajstić information content (AvgIpc) is 2.33. The van der Waals surface area contributed by atoms with Crippen LogP contribution in [0.3, 0.4) is 0 Å². The second-order valence-electron chi connectivity index (χ2n) is 3.64. The molecule has 0 bridgehead atoms. The molecule has 19 heavy (non-hydrogen) atoms. The number of aliphatic hydroxyl groups excluding tert-OH is 1. The van der Waals surface area contributed by atoms with Crippen molar-refractivity contribution in [2.75, 3.05) is 6.54 Å². The van der Waals surface area contributed by atoms with Gasteiger partial charge in [-0.25, -0.2) is 9.18 Å². The van der Waals surface area contributed by atoms with Crippen molar-refractivity contribution in [2.45, 2.75) is 12.5 Å². The molecule has 1 aromatic carbocycles. The molecule has 0 heterocycles. The number of halogens is 3. The summed E-state index contributed by atoms with van der Waals surface area (Å²) in [5, 5.41) is 19.5. The van der Waals surface area contributed by atoms with Gasteiger partial charge in [0.1, 0.15) is 5.82 Å². The Bertz CT molecular complexity index is 510. The third-order valence-electron chi connectivity index (χ3n) is 2.24. The lowest BCUT2D eigenvalue weighted by Crippen LogP contribution is -2.30. The molecule has 0 unspecified atom stereocenters. The Balaban J connectivity index is 2.64. The minimum atomic E-state index is -1.57. The minimum Gasteiger partial charge on any atom is -0.479 e. The van der Waals surface area contributed by atoms with Crippen molar-refractivity contribution in [1.29, 1.82) is 0 Å². The zero-order valence-corrected chi connectivity index (χ0v) is 11.0. The van der Waals surface area contributed by atoms with Crippen molar-refractivity contribution in [3.8, 4) is 0 Å². The number of aliphatic hydroxyl groups is 1. The summed E-state index contributed by atoms with van der Waals surface area (Å²) < 4.78 is 13.2. The first-order valence-corrected chi connectivity index (χ1v) is 5.92.